The smallest absolute Gasteiger partial charge is 0.0368 e. The Morgan fingerprint density at radius 2 is 2.13 bits per heavy atom. The van der Waals surface area contributed by atoms with Gasteiger partial charge in [0.1, 0.15) is 0 Å². The minimum Gasteiger partial charge on any atom is -0.313 e. The lowest BCUT2D eigenvalue weighted by Gasteiger charge is -2.22. The molecule has 15 heavy (non-hydrogen) atoms. The van der Waals surface area contributed by atoms with Gasteiger partial charge in [0.25, 0.3) is 0 Å². The van der Waals surface area contributed by atoms with Crippen LogP contribution >= 0.6 is 11.8 Å². The van der Waals surface area contributed by atoms with Crippen molar-refractivity contribution in [3.63, 3.8) is 0 Å². The van der Waals surface area contributed by atoms with Crippen molar-refractivity contribution in [2.45, 2.75) is 45.6 Å². The zero-order chi connectivity index (χ0) is 11.1. The lowest BCUT2D eigenvalue weighted by Crippen LogP contribution is -2.31. The molecular weight excluding hydrogens is 202 g/mol. The summed E-state index contributed by atoms with van der Waals surface area (Å²) >= 11 is 2.08. The molecule has 0 amide bonds. The van der Waals surface area contributed by atoms with E-state index in [0.717, 1.165) is 5.92 Å². The van der Waals surface area contributed by atoms with Crippen molar-refractivity contribution in [2.75, 3.05) is 18.6 Å². The van der Waals surface area contributed by atoms with Gasteiger partial charge in [-0.05, 0) is 44.4 Å². The second-order valence-corrected chi connectivity index (χ2v) is 5.87. The highest BCUT2D eigenvalue weighted by atomic mass is 32.2. The van der Waals surface area contributed by atoms with Crippen molar-refractivity contribution in [1.29, 1.82) is 0 Å². The average Bonchev–Trinajstić information content (AvgIpc) is 2.25. The van der Waals surface area contributed by atoms with E-state index in [4.69, 9.17) is 0 Å². The highest BCUT2D eigenvalue weighted by molar-refractivity contribution is 7.99. The molecule has 0 saturated carbocycles. The van der Waals surface area contributed by atoms with Gasteiger partial charge in [0.2, 0.25) is 0 Å². The van der Waals surface area contributed by atoms with Crippen molar-refractivity contribution in [2.24, 2.45) is 5.92 Å². The second-order valence-electron chi connectivity index (χ2n) is 4.80. The highest BCUT2D eigenvalue weighted by Crippen LogP contribution is 2.22. The number of hydrogen-bond donors (Lipinski definition) is 1. The molecule has 1 rings (SSSR count). The molecule has 0 radical (unpaired) electrons. The standard InChI is InChI=1S/C13H25NS/c1-11(2)9-15-10-13(14-3)12-7-5-4-6-8-12/h7,11,13-14H,4-6,8-10H2,1-3H3. The summed E-state index contributed by atoms with van der Waals surface area (Å²) in [5, 5.41) is 3.46. The largest absolute Gasteiger partial charge is 0.313 e. The van der Waals surface area contributed by atoms with Crippen LogP contribution in [-0.2, 0) is 0 Å². The molecular formula is C13H25NS. The molecule has 0 saturated heterocycles. The highest BCUT2D eigenvalue weighted by Gasteiger charge is 2.14. The van der Waals surface area contributed by atoms with Crippen molar-refractivity contribution in [1.82, 2.24) is 5.32 Å². The number of hydrogen-bond acceptors (Lipinski definition) is 2. The molecule has 1 N–H and O–H groups in total. The fourth-order valence-corrected chi connectivity index (χ4v) is 3.20. The molecule has 0 fully saturated rings. The zero-order valence-corrected chi connectivity index (χ0v) is 11.2. The van der Waals surface area contributed by atoms with Crippen molar-refractivity contribution in [3.05, 3.63) is 11.6 Å². The van der Waals surface area contributed by atoms with E-state index in [9.17, 15) is 0 Å². The van der Waals surface area contributed by atoms with E-state index in [0.29, 0.717) is 6.04 Å². The Hall–Kier alpha value is 0.0500. The lowest BCUT2D eigenvalue weighted by molar-refractivity contribution is 0.607. The minimum atomic E-state index is 0.619. The molecule has 0 spiro atoms. The first-order valence-corrected chi connectivity index (χ1v) is 7.33. The van der Waals surface area contributed by atoms with Gasteiger partial charge in [0.15, 0.2) is 0 Å². The Morgan fingerprint density at radius 1 is 1.33 bits per heavy atom. The summed E-state index contributed by atoms with van der Waals surface area (Å²) in [5.74, 6) is 3.33. The Balaban J connectivity index is 2.31. The monoisotopic (exact) mass is 227 g/mol. The molecule has 1 atom stereocenters. The Kier molecular flexibility index (Phi) is 6.42. The summed E-state index contributed by atoms with van der Waals surface area (Å²) in [6, 6.07) is 0.619. The molecule has 1 aliphatic rings. The van der Waals surface area contributed by atoms with Crippen LogP contribution in [0.2, 0.25) is 0 Å². The van der Waals surface area contributed by atoms with Gasteiger partial charge in [0, 0.05) is 11.8 Å². The van der Waals surface area contributed by atoms with Crippen molar-refractivity contribution in [3.8, 4) is 0 Å². The third-order valence-corrected chi connectivity index (χ3v) is 4.33. The molecule has 88 valence electrons. The van der Waals surface area contributed by atoms with Crippen LogP contribution in [0.1, 0.15) is 39.5 Å². The quantitative estimate of drug-likeness (QED) is 0.697. The normalized spacial score (nSPS) is 19.1. The van der Waals surface area contributed by atoms with Gasteiger partial charge in [-0.2, -0.15) is 11.8 Å². The number of nitrogens with one attached hydrogen (secondary N) is 1. The molecule has 1 aliphatic carbocycles. The summed E-state index contributed by atoms with van der Waals surface area (Å²) in [5.41, 5.74) is 1.65. The maximum absolute atomic E-state index is 3.46. The SMILES string of the molecule is CNC(CSCC(C)C)C1=CCCCC1. The molecule has 0 aromatic rings. The first-order valence-electron chi connectivity index (χ1n) is 6.18. The zero-order valence-electron chi connectivity index (χ0n) is 10.4. The van der Waals surface area contributed by atoms with Crippen LogP contribution in [0.25, 0.3) is 0 Å². The minimum absolute atomic E-state index is 0.619. The summed E-state index contributed by atoms with van der Waals surface area (Å²) < 4.78 is 0. The number of allylic oxidation sites excluding steroid dienone is 1. The van der Waals surface area contributed by atoms with Crippen LogP contribution in [0, 0.1) is 5.92 Å². The topological polar surface area (TPSA) is 12.0 Å². The number of thioether (sulfide) groups is 1. The maximum Gasteiger partial charge on any atom is 0.0368 e. The van der Waals surface area contributed by atoms with Gasteiger partial charge in [-0.1, -0.05) is 25.5 Å². The summed E-state index contributed by atoms with van der Waals surface area (Å²) in [6.07, 6.45) is 7.84. The van der Waals surface area contributed by atoms with Crippen LogP contribution in [0.5, 0.6) is 0 Å². The number of rotatable bonds is 6. The molecule has 1 unspecified atom stereocenters. The first kappa shape index (κ1) is 13.1. The first-order chi connectivity index (χ1) is 7.24. The van der Waals surface area contributed by atoms with Crippen molar-refractivity contribution >= 4 is 11.8 Å². The predicted octanol–water partition coefficient (Wildman–Crippen LogP) is 3.46. The Labute approximate surface area is 99.1 Å². The molecule has 0 heterocycles. The molecule has 0 aromatic carbocycles. The molecule has 1 nitrogen and oxygen atoms in total. The van der Waals surface area contributed by atoms with Gasteiger partial charge >= 0.3 is 0 Å². The molecule has 0 aliphatic heterocycles. The summed E-state index contributed by atoms with van der Waals surface area (Å²) in [6.45, 7) is 4.59. The third-order valence-electron chi connectivity index (χ3n) is 2.86. The van der Waals surface area contributed by atoms with Crippen LogP contribution in [-0.4, -0.2) is 24.6 Å². The van der Waals surface area contributed by atoms with E-state index >= 15 is 0 Å². The summed E-state index contributed by atoms with van der Waals surface area (Å²) in [7, 11) is 2.09. The van der Waals surface area contributed by atoms with Crippen LogP contribution in [0.15, 0.2) is 11.6 Å². The van der Waals surface area contributed by atoms with Gasteiger partial charge in [-0.15, -0.1) is 0 Å². The average molecular weight is 227 g/mol. The predicted molar refractivity (Wildman–Crippen MR) is 71.6 cm³/mol. The molecule has 0 aromatic heterocycles. The lowest BCUT2D eigenvalue weighted by atomic mass is 9.95. The van der Waals surface area contributed by atoms with E-state index in [1.165, 1.54) is 37.2 Å². The van der Waals surface area contributed by atoms with Crippen LogP contribution in [0.3, 0.4) is 0 Å². The van der Waals surface area contributed by atoms with E-state index in [1.54, 1.807) is 5.57 Å². The van der Waals surface area contributed by atoms with Gasteiger partial charge in [-0.3, -0.25) is 0 Å². The van der Waals surface area contributed by atoms with E-state index < -0.39 is 0 Å². The Morgan fingerprint density at radius 3 is 2.67 bits per heavy atom. The van der Waals surface area contributed by atoms with E-state index in [1.807, 2.05) is 0 Å². The van der Waals surface area contributed by atoms with E-state index in [-0.39, 0.29) is 0 Å². The van der Waals surface area contributed by atoms with E-state index in [2.05, 4.69) is 44.0 Å². The molecule has 0 bridgehead atoms. The second kappa shape index (κ2) is 7.34. The van der Waals surface area contributed by atoms with Gasteiger partial charge < -0.3 is 5.32 Å². The third kappa shape index (κ3) is 5.07. The van der Waals surface area contributed by atoms with Crippen LogP contribution in [0.4, 0.5) is 0 Å². The Bertz CT molecular complexity index is 199. The fourth-order valence-electron chi connectivity index (χ4n) is 1.98. The summed E-state index contributed by atoms with van der Waals surface area (Å²) in [4.78, 5) is 0. The van der Waals surface area contributed by atoms with Gasteiger partial charge in [0.05, 0.1) is 0 Å². The van der Waals surface area contributed by atoms with Crippen molar-refractivity contribution < 1.29 is 0 Å². The van der Waals surface area contributed by atoms with Gasteiger partial charge in [-0.25, -0.2) is 0 Å². The maximum atomic E-state index is 3.46. The fraction of sp³-hybridized carbons (Fsp3) is 0.846. The van der Waals surface area contributed by atoms with Crippen LogP contribution < -0.4 is 5.32 Å². The molecule has 2 heteroatoms. The number of likely N-dealkylation sites (N-methyl/N-ethyl adjacent to an activating group) is 1.